The Morgan fingerprint density at radius 3 is 1.88 bits per heavy atom. The van der Waals surface area contributed by atoms with Crippen LogP contribution >= 0.6 is 11.3 Å². The first-order chi connectivity index (χ1) is 37.2. The molecule has 2 nitrogen and oxygen atoms in total. The van der Waals surface area contributed by atoms with E-state index in [2.05, 4.69) is 188 Å². The van der Waals surface area contributed by atoms with Crippen LogP contribution in [0.25, 0.3) is 85.8 Å². The molecule has 4 heteroatoms. The Labute approximate surface area is 451 Å². The highest BCUT2D eigenvalue weighted by molar-refractivity contribution is 7.26. The van der Waals surface area contributed by atoms with Gasteiger partial charge < -0.3 is 9.38 Å². The molecule has 0 amide bonds. The Morgan fingerprint density at radius 2 is 1.14 bits per heavy atom. The second kappa shape index (κ2) is 16.0. The van der Waals surface area contributed by atoms with Crippen molar-refractivity contribution in [3.8, 4) is 22.3 Å². The smallest absolute Gasteiger partial charge is 0.333 e. The van der Waals surface area contributed by atoms with Crippen LogP contribution in [0.1, 0.15) is 127 Å². The topological polar surface area (TPSA) is 8.17 Å². The van der Waals surface area contributed by atoms with E-state index < -0.39 is 0 Å². The lowest BCUT2D eigenvalue weighted by Crippen LogP contribution is -2.56. The number of hydrogen-bond acceptors (Lipinski definition) is 2. The summed E-state index contributed by atoms with van der Waals surface area (Å²) in [5, 5.41) is 10.9. The Morgan fingerprint density at radius 1 is 0.500 bits per heavy atom. The largest absolute Gasteiger partial charge is 0.375 e. The van der Waals surface area contributed by atoms with Gasteiger partial charge in [0.2, 0.25) is 0 Å². The summed E-state index contributed by atoms with van der Waals surface area (Å²) in [4.78, 5) is 2.76. The summed E-state index contributed by atoms with van der Waals surface area (Å²) in [6, 6.07) is 63.4. The maximum absolute atomic E-state index is 2.89. The zero-order valence-corrected chi connectivity index (χ0v) is 45.3. The summed E-state index contributed by atoms with van der Waals surface area (Å²) in [5.41, 5.74) is 20.0. The standard InChI is InChI=1S/C72H65BN2S/c1-70(2,3)50-25-27-62(54(36-50)46-19-5-4-6-20-46)74-64-40-57-56-33-47-21-7-8-22-48(47)35-65(56)76-66(57)41-61(64)73-67-58(34-49-23-9-10-24-53(49)69(67)74)60-39-52(72-31-13-17-45(43-72)18-14-32-72)38-59-55-37-51(26-28-63(55)75(73)68(59)60)71-29-11-15-44(42-71)16-12-30-71/h4-10,19-28,33-41,44-45H,11-18,29-32,42-43H2,1-3H3. The molecule has 76 heavy (non-hydrogen) atoms. The van der Waals surface area contributed by atoms with Crippen LogP contribution in [0.5, 0.6) is 0 Å². The molecule has 11 aromatic rings. The average molecular weight is 1000 g/mol. The fourth-order valence-electron chi connectivity index (χ4n) is 17.3. The molecule has 372 valence electrons. The van der Waals surface area contributed by atoms with Crippen LogP contribution in [0.15, 0.2) is 158 Å². The van der Waals surface area contributed by atoms with Crippen molar-refractivity contribution in [1.29, 1.82) is 0 Å². The van der Waals surface area contributed by atoms with Crippen molar-refractivity contribution in [2.75, 3.05) is 4.90 Å². The van der Waals surface area contributed by atoms with Gasteiger partial charge in [-0.2, -0.15) is 0 Å². The van der Waals surface area contributed by atoms with Gasteiger partial charge >= 0.3 is 6.85 Å². The predicted molar refractivity (Wildman–Crippen MR) is 327 cm³/mol. The minimum Gasteiger partial charge on any atom is -0.375 e. The van der Waals surface area contributed by atoms with Crippen molar-refractivity contribution in [3.05, 3.63) is 174 Å². The second-order valence-electron chi connectivity index (χ2n) is 26.0. The molecule has 4 saturated carbocycles. The van der Waals surface area contributed by atoms with Gasteiger partial charge in [-0.3, -0.25) is 0 Å². The highest BCUT2D eigenvalue weighted by Gasteiger charge is 2.47. The maximum atomic E-state index is 2.89. The van der Waals surface area contributed by atoms with Gasteiger partial charge in [0, 0.05) is 64.2 Å². The zero-order chi connectivity index (χ0) is 50.2. The fraction of sp³-hybridized carbons (Fsp3) is 0.306. The van der Waals surface area contributed by atoms with E-state index in [4.69, 9.17) is 0 Å². The fourth-order valence-corrected chi connectivity index (χ4v) is 18.5. The summed E-state index contributed by atoms with van der Waals surface area (Å²) >= 11 is 1.98. The summed E-state index contributed by atoms with van der Waals surface area (Å²) in [6.45, 7) is 7.04. The number of benzene rings is 9. The van der Waals surface area contributed by atoms with Gasteiger partial charge in [-0.15, -0.1) is 11.3 Å². The number of thiophene rings is 1. The normalized spacial score (nSPS) is 22.8. The Hall–Kier alpha value is -6.62. The molecule has 0 radical (unpaired) electrons. The van der Waals surface area contributed by atoms with Gasteiger partial charge in [-0.1, -0.05) is 163 Å². The third-order valence-corrected chi connectivity index (χ3v) is 22.0. The molecule has 2 aliphatic heterocycles. The number of rotatable bonds is 4. The molecule has 4 heterocycles. The molecule has 4 fully saturated rings. The molecular weight excluding hydrogens is 936 g/mol. The van der Waals surface area contributed by atoms with Crippen LogP contribution in [0.3, 0.4) is 0 Å². The van der Waals surface area contributed by atoms with Crippen LogP contribution in [0.2, 0.25) is 0 Å². The van der Waals surface area contributed by atoms with E-state index in [1.165, 1.54) is 209 Å². The quantitative estimate of drug-likeness (QED) is 0.160. The molecule has 0 saturated heterocycles. The van der Waals surface area contributed by atoms with E-state index in [1.807, 2.05) is 11.3 Å². The lowest BCUT2D eigenvalue weighted by Gasteiger charge is -2.46. The summed E-state index contributed by atoms with van der Waals surface area (Å²) in [7, 11) is 0. The number of fused-ring (bicyclic) bond motifs is 17. The van der Waals surface area contributed by atoms with Crippen LogP contribution in [0.4, 0.5) is 17.1 Å². The van der Waals surface area contributed by atoms with Crippen molar-refractivity contribution in [2.24, 2.45) is 11.8 Å². The second-order valence-corrected chi connectivity index (χ2v) is 27.1. The Balaban J connectivity index is 1.03. The minimum absolute atomic E-state index is 0.0241. The number of anilines is 3. The van der Waals surface area contributed by atoms with Gasteiger partial charge in [-0.05, 0) is 188 Å². The van der Waals surface area contributed by atoms with E-state index in [0.29, 0.717) is 5.41 Å². The molecule has 2 aromatic heterocycles. The summed E-state index contributed by atoms with van der Waals surface area (Å²) < 4.78 is 5.61. The molecular formula is C72H65BN2S. The highest BCUT2D eigenvalue weighted by Crippen LogP contribution is 2.57. The highest BCUT2D eigenvalue weighted by atomic mass is 32.1. The van der Waals surface area contributed by atoms with E-state index in [0.717, 1.165) is 11.8 Å². The van der Waals surface area contributed by atoms with Gasteiger partial charge in [0.15, 0.2) is 0 Å². The summed E-state index contributed by atoms with van der Waals surface area (Å²) in [5.74, 6) is 1.73. The van der Waals surface area contributed by atoms with Crippen LogP contribution in [-0.4, -0.2) is 11.3 Å². The molecule has 0 atom stereocenters. The SMILES string of the molecule is CC(C)(C)c1ccc(N2c3cc4c(cc3B3c5c(cc6ccccc6c52)-c2cc(C56CCCC(CCC5)C6)cc5c6cc(C78CCCC(CCC7)C8)ccc6n3c25)sc2cc3ccccc3cc24)c(-c2ccccc2)c1. The van der Waals surface area contributed by atoms with Crippen LogP contribution < -0.4 is 15.8 Å². The number of aromatic nitrogens is 1. The molecule has 9 aromatic carbocycles. The lowest BCUT2D eigenvalue weighted by atomic mass is 9.44. The first kappa shape index (κ1) is 44.5. The summed E-state index contributed by atoms with van der Waals surface area (Å²) in [6.07, 6.45) is 19.1. The molecule has 4 aliphatic carbocycles. The zero-order valence-electron chi connectivity index (χ0n) is 44.4. The number of nitrogens with zero attached hydrogens (tertiary/aromatic N) is 2. The predicted octanol–water partition coefficient (Wildman–Crippen LogP) is 19.1. The molecule has 0 N–H and O–H groups in total. The van der Waals surface area contributed by atoms with Crippen LogP contribution in [0, 0.1) is 11.8 Å². The third kappa shape index (κ3) is 6.28. The Bertz CT molecular complexity index is 4260. The van der Waals surface area contributed by atoms with Gasteiger partial charge in [0.25, 0.3) is 0 Å². The minimum atomic E-state index is -0.0356. The van der Waals surface area contributed by atoms with Crippen molar-refractivity contribution in [1.82, 2.24) is 4.48 Å². The van der Waals surface area contributed by atoms with Crippen LogP contribution in [-0.2, 0) is 16.2 Å². The average Bonchev–Trinajstić information content (AvgIpc) is 4.13. The van der Waals surface area contributed by atoms with E-state index in [1.54, 1.807) is 11.1 Å². The molecule has 4 bridgehead atoms. The van der Waals surface area contributed by atoms with E-state index in [-0.39, 0.29) is 17.7 Å². The number of hydrogen-bond donors (Lipinski definition) is 0. The lowest BCUT2D eigenvalue weighted by molar-refractivity contribution is 0.149. The van der Waals surface area contributed by atoms with E-state index in [9.17, 15) is 0 Å². The van der Waals surface area contributed by atoms with Crippen molar-refractivity contribution in [3.63, 3.8) is 0 Å². The molecule has 0 unspecified atom stereocenters. The van der Waals surface area contributed by atoms with Gasteiger partial charge in [0.05, 0.1) is 11.4 Å². The first-order valence-electron chi connectivity index (χ1n) is 29.3. The van der Waals surface area contributed by atoms with E-state index >= 15 is 0 Å². The Kier molecular flexibility index (Phi) is 9.36. The molecule has 17 rings (SSSR count). The van der Waals surface area contributed by atoms with Gasteiger partial charge in [-0.25, -0.2) is 0 Å². The van der Waals surface area contributed by atoms with Crippen molar-refractivity contribution < 1.29 is 0 Å². The monoisotopic (exact) mass is 1000 g/mol. The third-order valence-electron chi connectivity index (χ3n) is 20.9. The first-order valence-corrected chi connectivity index (χ1v) is 30.1. The molecule has 0 spiro atoms. The van der Waals surface area contributed by atoms with Gasteiger partial charge in [0.1, 0.15) is 0 Å². The van der Waals surface area contributed by atoms with Crippen molar-refractivity contribution in [2.45, 2.75) is 127 Å². The molecule has 6 aliphatic rings. The van der Waals surface area contributed by atoms with Crippen molar-refractivity contribution >= 4 is 110 Å². The maximum Gasteiger partial charge on any atom is 0.333 e.